The summed E-state index contributed by atoms with van der Waals surface area (Å²) in [6.07, 6.45) is 1.38. The molecule has 0 spiro atoms. The van der Waals surface area contributed by atoms with Crippen molar-refractivity contribution in [2.75, 3.05) is 32.8 Å². The zero-order valence-electron chi connectivity index (χ0n) is 16.3. The normalized spacial score (nSPS) is 17.5. The third-order valence-corrected chi connectivity index (χ3v) is 7.56. The van der Waals surface area contributed by atoms with Crippen LogP contribution in [0, 0.1) is 5.92 Å². The highest BCUT2D eigenvalue weighted by molar-refractivity contribution is 7.89. The number of fused-ring (bicyclic) bond motifs is 1. The van der Waals surface area contributed by atoms with Crippen molar-refractivity contribution in [3.05, 3.63) is 53.1 Å². The number of amides is 1. The van der Waals surface area contributed by atoms with E-state index in [-0.39, 0.29) is 11.8 Å². The number of nitrogens with one attached hydrogen (secondary N) is 1. The molecule has 2 aliphatic rings. The van der Waals surface area contributed by atoms with E-state index in [9.17, 15) is 13.2 Å². The number of carbonyl (C=O) groups is 1. The van der Waals surface area contributed by atoms with Gasteiger partial charge in [-0.15, -0.1) is 0 Å². The molecule has 0 aromatic heterocycles. The fraction of sp³-hybridized carbons (Fsp3) is 0.381. The second-order valence-corrected chi connectivity index (χ2v) is 9.70. The fourth-order valence-electron chi connectivity index (χ4n) is 3.68. The largest absolute Gasteiger partial charge is 0.486 e. The van der Waals surface area contributed by atoms with Crippen molar-refractivity contribution in [3.8, 4) is 11.5 Å². The summed E-state index contributed by atoms with van der Waals surface area (Å²) in [6.45, 7) is 2.20. The van der Waals surface area contributed by atoms with Crippen LogP contribution in [0.4, 0.5) is 0 Å². The van der Waals surface area contributed by atoms with Crippen molar-refractivity contribution in [2.24, 2.45) is 5.92 Å². The van der Waals surface area contributed by atoms with E-state index in [1.807, 2.05) is 0 Å². The van der Waals surface area contributed by atoms with E-state index < -0.39 is 10.0 Å². The molecule has 30 heavy (non-hydrogen) atoms. The topological polar surface area (TPSA) is 84.9 Å². The standard InChI is InChI=1S/C21H23ClN2O5S/c22-18-12-16(13-19-20(18)29-11-10-28-19)21(25)23-14-15-6-8-24(9-7-15)30(26,27)17-4-2-1-3-5-17/h1-5,12-13,15H,6-11,14H2,(H,23,25). The Bertz CT molecular complexity index is 1020. The maximum Gasteiger partial charge on any atom is 0.251 e. The summed E-state index contributed by atoms with van der Waals surface area (Å²) in [5.74, 6) is 0.904. The SMILES string of the molecule is O=C(NCC1CCN(S(=O)(=O)c2ccccc2)CC1)c1cc(Cl)c2c(c1)OCCO2. The lowest BCUT2D eigenvalue weighted by Gasteiger charge is -2.31. The lowest BCUT2D eigenvalue weighted by molar-refractivity contribution is 0.0940. The average molecular weight is 451 g/mol. The molecule has 2 aliphatic heterocycles. The van der Waals surface area contributed by atoms with Gasteiger partial charge in [0.2, 0.25) is 10.0 Å². The maximum atomic E-state index is 12.7. The molecule has 0 bridgehead atoms. The average Bonchev–Trinajstić information content (AvgIpc) is 2.78. The number of carbonyl (C=O) groups excluding carboxylic acids is 1. The summed E-state index contributed by atoms with van der Waals surface area (Å²) in [4.78, 5) is 12.9. The van der Waals surface area contributed by atoms with E-state index in [0.29, 0.717) is 72.7 Å². The van der Waals surface area contributed by atoms with Crippen molar-refractivity contribution < 1.29 is 22.7 Å². The predicted molar refractivity (Wildman–Crippen MR) is 113 cm³/mol. The van der Waals surface area contributed by atoms with E-state index >= 15 is 0 Å². The first-order valence-corrected chi connectivity index (χ1v) is 11.7. The highest BCUT2D eigenvalue weighted by atomic mass is 35.5. The molecule has 0 saturated carbocycles. The van der Waals surface area contributed by atoms with Gasteiger partial charge in [-0.3, -0.25) is 4.79 Å². The van der Waals surface area contributed by atoms with Crippen LogP contribution < -0.4 is 14.8 Å². The second kappa shape index (κ2) is 8.83. The lowest BCUT2D eigenvalue weighted by Crippen LogP contribution is -2.41. The highest BCUT2D eigenvalue weighted by Gasteiger charge is 2.29. The van der Waals surface area contributed by atoms with E-state index in [2.05, 4.69) is 5.32 Å². The number of hydrogen-bond donors (Lipinski definition) is 1. The molecule has 0 unspecified atom stereocenters. The molecular formula is C21H23ClN2O5S. The van der Waals surface area contributed by atoms with E-state index in [0.717, 1.165) is 0 Å². The van der Waals surface area contributed by atoms with Gasteiger partial charge < -0.3 is 14.8 Å². The minimum absolute atomic E-state index is 0.212. The van der Waals surface area contributed by atoms with Crippen molar-refractivity contribution in [1.82, 2.24) is 9.62 Å². The number of nitrogens with zero attached hydrogens (tertiary/aromatic N) is 1. The van der Waals surface area contributed by atoms with Crippen LogP contribution in [0.5, 0.6) is 11.5 Å². The Morgan fingerprint density at radius 2 is 1.80 bits per heavy atom. The van der Waals surface area contributed by atoms with Gasteiger partial charge in [0.15, 0.2) is 11.5 Å². The van der Waals surface area contributed by atoms with Crippen LogP contribution >= 0.6 is 11.6 Å². The van der Waals surface area contributed by atoms with Crippen LogP contribution in [-0.4, -0.2) is 51.5 Å². The molecule has 2 heterocycles. The van der Waals surface area contributed by atoms with Gasteiger partial charge in [0.05, 0.1) is 9.92 Å². The third kappa shape index (κ3) is 4.40. The zero-order valence-corrected chi connectivity index (χ0v) is 17.9. The molecule has 0 radical (unpaired) electrons. The molecule has 2 aromatic carbocycles. The Hall–Kier alpha value is -2.29. The second-order valence-electron chi connectivity index (χ2n) is 7.35. The molecule has 1 N–H and O–H groups in total. The molecule has 1 fully saturated rings. The van der Waals surface area contributed by atoms with E-state index in [1.165, 1.54) is 4.31 Å². The molecule has 1 amide bonds. The van der Waals surface area contributed by atoms with Crippen molar-refractivity contribution in [2.45, 2.75) is 17.7 Å². The maximum absolute atomic E-state index is 12.7. The van der Waals surface area contributed by atoms with Crippen molar-refractivity contribution >= 4 is 27.5 Å². The van der Waals surface area contributed by atoms with E-state index in [1.54, 1.807) is 42.5 Å². The molecule has 9 heteroatoms. The van der Waals surface area contributed by atoms with Crippen LogP contribution in [0.2, 0.25) is 5.02 Å². The van der Waals surface area contributed by atoms with Crippen LogP contribution in [0.15, 0.2) is 47.4 Å². The molecular weight excluding hydrogens is 428 g/mol. The summed E-state index contributed by atoms with van der Waals surface area (Å²) in [5.41, 5.74) is 0.411. The van der Waals surface area contributed by atoms with E-state index in [4.69, 9.17) is 21.1 Å². The molecule has 160 valence electrons. The number of hydrogen-bond acceptors (Lipinski definition) is 5. The molecule has 7 nitrogen and oxygen atoms in total. The number of ether oxygens (including phenoxy) is 2. The number of sulfonamides is 1. The molecule has 1 saturated heterocycles. The number of halogens is 1. The summed E-state index contributed by atoms with van der Waals surface area (Å²) in [5, 5.41) is 3.27. The van der Waals surface area contributed by atoms with Gasteiger partial charge in [0.1, 0.15) is 13.2 Å². The molecule has 4 rings (SSSR count). The predicted octanol–water partition coefficient (Wildman–Crippen LogP) is 2.94. The van der Waals surface area contributed by atoms with Crippen molar-refractivity contribution in [3.63, 3.8) is 0 Å². The number of rotatable bonds is 5. The van der Waals surface area contributed by atoms with Crippen LogP contribution in [-0.2, 0) is 10.0 Å². The zero-order chi connectivity index (χ0) is 21.1. The fourth-order valence-corrected chi connectivity index (χ4v) is 5.43. The Morgan fingerprint density at radius 1 is 1.10 bits per heavy atom. The number of benzene rings is 2. The smallest absolute Gasteiger partial charge is 0.251 e. The summed E-state index contributed by atoms with van der Waals surface area (Å²) in [7, 11) is -3.47. The summed E-state index contributed by atoms with van der Waals surface area (Å²) >= 11 is 6.20. The first kappa shape index (κ1) is 21.0. The monoisotopic (exact) mass is 450 g/mol. The van der Waals surface area contributed by atoms with Crippen molar-refractivity contribution in [1.29, 1.82) is 0 Å². The minimum atomic E-state index is -3.47. The minimum Gasteiger partial charge on any atom is -0.486 e. The lowest BCUT2D eigenvalue weighted by atomic mass is 9.98. The third-order valence-electron chi connectivity index (χ3n) is 5.36. The molecule has 2 aromatic rings. The quantitative estimate of drug-likeness (QED) is 0.757. The van der Waals surface area contributed by atoms with Gasteiger partial charge in [-0.1, -0.05) is 29.8 Å². The molecule has 0 aliphatic carbocycles. The number of piperidine rings is 1. The van der Waals surface area contributed by atoms with Gasteiger partial charge >= 0.3 is 0 Å². The van der Waals surface area contributed by atoms with Gasteiger partial charge in [0.25, 0.3) is 5.91 Å². The Balaban J connectivity index is 1.32. The van der Waals surface area contributed by atoms with Gasteiger partial charge in [-0.25, -0.2) is 8.42 Å². The van der Waals surface area contributed by atoms with Gasteiger partial charge in [-0.05, 0) is 43.0 Å². The highest BCUT2D eigenvalue weighted by Crippen LogP contribution is 2.38. The van der Waals surface area contributed by atoms with Crippen LogP contribution in [0.25, 0.3) is 0 Å². The first-order chi connectivity index (χ1) is 14.4. The van der Waals surface area contributed by atoms with Crippen LogP contribution in [0.3, 0.4) is 0 Å². The van der Waals surface area contributed by atoms with Crippen LogP contribution in [0.1, 0.15) is 23.2 Å². The van der Waals surface area contributed by atoms with Gasteiger partial charge in [-0.2, -0.15) is 4.31 Å². The first-order valence-electron chi connectivity index (χ1n) is 9.87. The van der Waals surface area contributed by atoms with Gasteiger partial charge in [0, 0.05) is 25.2 Å². The summed E-state index contributed by atoms with van der Waals surface area (Å²) < 4.78 is 37.9. The Morgan fingerprint density at radius 3 is 2.53 bits per heavy atom. The molecule has 0 atom stereocenters. The summed E-state index contributed by atoms with van der Waals surface area (Å²) in [6, 6.07) is 11.7. The Labute approximate surface area is 181 Å². The Kier molecular flexibility index (Phi) is 6.17.